The molecule has 2 rings (SSSR count). The van der Waals surface area contributed by atoms with Crippen LogP contribution in [0.15, 0.2) is 46.4 Å². The van der Waals surface area contributed by atoms with Gasteiger partial charge in [-0.3, -0.25) is 0 Å². The van der Waals surface area contributed by atoms with E-state index in [9.17, 15) is 8.78 Å². The van der Waals surface area contributed by atoms with Gasteiger partial charge in [0.1, 0.15) is 12.2 Å². The highest BCUT2D eigenvalue weighted by Crippen LogP contribution is 2.23. The summed E-state index contributed by atoms with van der Waals surface area (Å²) in [5.41, 5.74) is 7.94. The number of nitrogens with two attached hydrogens (primary N) is 1. The predicted molar refractivity (Wildman–Crippen MR) is 102 cm³/mol. The Kier molecular flexibility index (Phi) is 6.42. The number of hydrogen-bond acceptors (Lipinski definition) is 3. The maximum absolute atomic E-state index is 13.7. The molecule has 0 amide bonds. The molecule has 0 bridgehead atoms. The van der Waals surface area contributed by atoms with E-state index in [0.29, 0.717) is 5.69 Å². The highest BCUT2D eigenvalue weighted by Gasteiger charge is 2.07. The first-order valence-corrected chi connectivity index (χ1v) is 8.02. The fraction of sp³-hybridized carbons (Fsp3) is 0.176. The first-order valence-electron chi connectivity index (χ1n) is 7.44. The third-order valence-electron chi connectivity index (χ3n) is 3.23. The lowest BCUT2D eigenvalue weighted by Crippen LogP contribution is -2.15. The van der Waals surface area contributed by atoms with Gasteiger partial charge in [0.2, 0.25) is 6.36 Å². The third-order valence-corrected chi connectivity index (χ3v) is 3.70. The third kappa shape index (κ3) is 5.22. The minimum absolute atomic E-state index is 0.172. The number of alkyl halides is 1. The zero-order chi connectivity index (χ0) is 18.4. The Morgan fingerprint density at radius 3 is 2.68 bits per heavy atom. The van der Waals surface area contributed by atoms with Gasteiger partial charge in [0.05, 0.1) is 5.69 Å². The number of aliphatic imine (C=N–C) groups is 2. The van der Waals surface area contributed by atoms with E-state index in [4.69, 9.17) is 5.73 Å². The molecule has 0 heterocycles. The van der Waals surface area contributed by atoms with Crippen molar-refractivity contribution in [3.63, 3.8) is 0 Å². The fourth-order valence-electron chi connectivity index (χ4n) is 2.02. The van der Waals surface area contributed by atoms with E-state index in [0.717, 1.165) is 22.6 Å². The van der Waals surface area contributed by atoms with Crippen LogP contribution in [0.1, 0.15) is 12.5 Å². The van der Waals surface area contributed by atoms with Gasteiger partial charge in [-0.2, -0.15) is 0 Å². The summed E-state index contributed by atoms with van der Waals surface area (Å²) in [7, 11) is 4.44. The smallest absolute Gasteiger partial charge is 0.235 e. The van der Waals surface area contributed by atoms with Gasteiger partial charge >= 0.3 is 0 Å². The number of halogens is 2. The zero-order valence-corrected chi connectivity index (χ0v) is 15.0. The van der Waals surface area contributed by atoms with Crippen molar-refractivity contribution in [2.24, 2.45) is 15.7 Å². The summed E-state index contributed by atoms with van der Waals surface area (Å²) in [6.45, 7) is 1.17. The summed E-state index contributed by atoms with van der Waals surface area (Å²) in [5, 5.41) is 4.00. The topological polar surface area (TPSA) is 72.0 Å². The van der Waals surface area contributed by atoms with Gasteiger partial charge in [-0.1, -0.05) is 0 Å². The molecule has 25 heavy (non-hydrogen) atoms. The lowest BCUT2D eigenvalue weighted by Gasteiger charge is -2.07. The lowest BCUT2D eigenvalue weighted by atomic mass is 10.2. The Labute approximate surface area is 147 Å². The van der Waals surface area contributed by atoms with Crippen LogP contribution in [-0.2, 0) is 0 Å². The molecule has 0 aromatic heterocycles. The summed E-state index contributed by atoms with van der Waals surface area (Å²) in [5.74, 6) is -0.595. The number of nitrogens with one attached hydrogen (secondary N) is 1. The van der Waals surface area contributed by atoms with Crippen molar-refractivity contribution in [2.45, 2.75) is 13.3 Å². The number of ether oxygens (including phenoxy) is 1. The van der Waals surface area contributed by atoms with Crippen LogP contribution in [0.3, 0.4) is 0 Å². The van der Waals surface area contributed by atoms with Crippen molar-refractivity contribution in [3.05, 3.63) is 47.8 Å². The van der Waals surface area contributed by atoms with Crippen LogP contribution in [0.5, 0.6) is 5.75 Å². The van der Waals surface area contributed by atoms with Crippen LogP contribution in [-0.4, -0.2) is 25.6 Å². The summed E-state index contributed by atoms with van der Waals surface area (Å²) < 4.78 is 31.2. The minimum atomic E-state index is -1.59. The van der Waals surface area contributed by atoms with Crippen LogP contribution in [0.2, 0.25) is 0 Å². The molecule has 8 heteroatoms. The summed E-state index contributed by atoms with van der Waals surface area (Å²) in [6, 6.07) is 9.51. The van der Waals surface area contributed by atoms with E-state index in [-0.39, 0.29) is 11.6 Å². The molecule has 3 N–H and O–H groups in total. The van der Waals surface area contributed by atoms with E-state index in [1.807, 2.05) is 25.2 Å². The molecule has 0 radical (unpaired) electrons. The monoisotopic (exact) mass is 364 g/mol. The second kappa shape index (κ2) is 8.53. The van der Waals surface area contributed by atoms with E-state index in [1.165, 1.54) is 25.4 Å². The molecule has 5 nitrogen and oxygen atoms in total. The molecule has 2 unspecified atom stereocenters. The zero-order valence-electron chi connectivity index (χ0n) is 13.8. The Hall–Kier alpha value is -2.53. The van der Waals surface area contributed by atoms with Gasteiger partial charge < -0.3 is 15.8 Å². The quantitative estimate of drug-likeness (QED) is 0.470. The van der Waals surface area contributed by atoms with Crippen LogP contribution >= 0.6 is 9.24 Å². The minimum Gasteiger partial charge on any atom is -0.458 e. The average molecular weight is 364 g/mol. The van der Waals surface area contributed by atoms with Crippen LogP contribution in [0, 0.1) is 5.82 Å². The fourth-order valence-corrected chi connectivity index (χ4v) is 2.44. The highest BCUT2D eigenvalue weighted by atomic mass is 31.0. The van der Waals surface area contributed by atoms with Crippen molar-refractivity contribution < 1.29 is 13.5 Å². The normalized spacial score (nSPS) is 13.1. The molecule has 0 fully saturated rings. The number of benzene rings is 2. The first-order chi connectivity index (χ1) is 11.9. The number of anilines is 1. The lowest BCUT2D eigenvalue weighted by molar-refractivity contribution is 0.0815. The van der Waals surface area contributed by atoms with Gasteiger partial charge in [-0.25, -0.2) is 18.8 Å². The highest BCUT2D eigenvalue weighted by molar-refractivity contribution is 7.28. The molecule has 0 spiro atoms. The maximum Gasteiger partial charge on any atom is 0.235 e. The second-order valence-corrected chi connectivity index (χ2v) is 5.71. The SMILES string of the molecule is CNc1ccc(C(N)=NC=Nc2ccc(OC(C)F)c(F)c2)cc1P. The Morgan fingerprint density at radius 2 is 2.08 bits per heavy atom. The predicted octanol–water partition coefficient (Wildman–Crippen LogP) is 3.13. The average Bonchev–Trinajstić information content (AvgIpc) is 2.56. The van der Waals surface area contributed by atoms with Crippen molar-refractivity contribution in [1.82, 2.24) is 0 Å². The maximum atomic E-state index is 13.7. The van der Waals surface area contributed by atoms with Crippen molar-refractivity contribution in [1.29, 1.82) is 0 Å². The van der Waals surface area contributed by atoms with E-state index < -0.39 is 12.2 Å². The molecule has 132 valence electrons. The van der Waals surface area contributed by atoms with Gasteiger partial charge in [0.15, 0.2) is 11.6 Å². The number of hydrogen-bond donors (Lipinski definition) is 2. The summed E-state index contributed by atoms with van der Waals surface area (Å²) in [4.78, 5) is 8.06. The van der Waals surface area contributed by atoms with E-state index in [2.05, 4.69) is 29.3 Å². The molecule has 0 aliphatic carbocycles. The molecule has 0 aliphatic rings. The second-order valence-electron chi connectivity index (χ2n) is 5.09. The Balaban J connectivity index is 2.12. The van der Waals surface area contributed by atoms with Crippen LogP contribution < -0.4 is 21.1 Å². The number of rotatable bonds is 6. The van der Waals surface area contributed by atoms with Crippen LogP contribution in [0.25, 0.3) is 0 Å². The molecule has 0 saturated heterocycles. The largest absolute Gasteiger partial charge is 0.458 e. The molecule has 0 aliphatic heterocycles. The molecular formula is C17H19F2N4OP. The summed E-state index contributed by atoms with van der Waals surface area (Å²) >= 11 is 0. The molecule has 0 saturated carbocycles. The van der Waals surface area contributed by atoms with Gasteiger partial charge in [0, 0.05) is 31.3 Å². The Morgan fingerprint density at radius 1 is 1.32 bits per heavy atom. The standard InChI is InChI=1S/C17H19F2N4OP/c1-10(18)24-15-6-4-12(8-13(15)19)22-9-23-17(20)11-3-5-14(21-2)16(25)7-11/h3-10,21H,25H2,1-2H3,(H2,20,22,23). The van der Waals surface area contributed by atoms with E-state index in [1.54, 1.807) is 0 Å². The van der Waals surface area contributed by atoms with Crippen molar-refractivity contribution >= 4 is 38.1 Å². The van der Waals surface area contributed by atoms with Gasteiger partial charge in [-0.05, 0) is 35.6 Å². The van der Waals surface area contributed by atoms with Crippen LogP contribution in [0.4, 0.5) is 20.2 Å². The number of nitrogens with zero attached hydrogens (tertiary/aromatic N) is 2. The van der Waals surface area contributed by atoms with Gasteiger partial charge in [-0.15, -0.1) is 9.24 Å². The Bertz CT molecular complexity index is 809. The number of amidine groups is 1. The summed E-state index contributed by atoms with van der Waals surface area (Å²) in [6.07, 6.45) is -0.360. The molecule has 2 aromatic rings. The van der Waals surface area contributed by atoms with Crippen molar-refractivity contribution in [2.75, 3.05) is 12.4 Å². The molecule has 2 aromatic carbocycles. The van der Waals surface area contributed by atoms with Crippen molar-refractivity contribution in [3.8, 4) is 5.75 Å². The molecular weight excluding hydrogens is 345 g/mol. The first kappa shape index (κ1) is 18.8. The molecule has 2 atom stereocenters. The van der Waals surface area contributed by atoms with Gasteiger partial charge in [0.25, 0.3) is 0 Å². The van der Waals surface area contributed by atoms with E-state index >= 15 is 0 Å².